The first-order valence-electron chi connectivity index (χ1n) is 4.26. The molecule has 1 N–H and O–H groups in total. The van der Waals surface area contributed by atoms with Crippen molar-refractivity contribution in [3.63, 3.8) is 0 Å². The number of aryl methyl sites for hydroxylation is 1. The minimum absolute atomic E-state index is 0.354. The largest absolute Gasteiger partial charge is 0.359 e. The molecule has 0 saturated heterocycles. The first kappa shape index (κ1) is 9.27. The number of sulfone groups is 1. The third kappa shape index (κ3) is 1.53. The van der Waals surface area contributed by atoms with Crippen molar-refractivity contribution in [3.05, 3.63) is 30.0 Å². The van der Waals surface area contributed by atoms with Crippen molar-refractivity contribution in [1.82, 2.24) is 4.98 Å². The summed E-state index contributed by atoms with van der Waals surface area (Å²) >= 11 is 0. The second-order valence-electron chi connectivity index (χ2n) is 3.47. The van der Waals surface area contributed by atoms with Crippen LogP contribution in [0.5, 0.6) is 0 Å². The van der Waals surface area contributed by atoms with Crippen LogP contribution in [0, 0.1) is 6.92 Å². The van der Waals surface area contributed by atoms with Crippen molar-refractivity contribution < 1.29 is 8.42 Å². The van der Waals surface area contributed by atoms with Crippen LogP contribution in [0.4, 0.5) is 0 Å². The van der Waals surface area contributed by atoms with Gasteiger partial charge in [0.05, 0.1) is 4.90 Å². The molecule has 0 unspecified atom stereocenters. The Labute approximate surface area is 82.7 Å². The van der Waals surface area contributed by atoms with E-state index in [1.807, 2.05) is 19.1 Å². The number of rotatable bonds is 1. The number of fused-ring (bicyclic) bond motifs is 1. The van der Waals surface area contributed by atoms with Crippen LogP contribution in [0.1, 0.15) is 5.69 Å². The Balaban J connectivity index is 2.74. The number of H-pyrrole nitrogens is 1. The van der Waals surface area contributed by atoms with E-state index < -0.39 is 9.84 Å². The Kier molecular flexibility index (Phi) is 1.89. The molecule has 0 amide bonds. The van der Waals surface area contributed by atoms with Gasteiger partial charge in [-0.15, -0.1) is 0 Å². The first-order valence-corrected chi connectivity index (χ1v) is 6.15. The second kappa shape index (κ2) is 2.85. The third-order valence-electron chi connectivity index (χ3n) is 2.16. The first-order chi connectivity index (χ1) is 6.47. The molecule has 0 bridgehead atoms. The fraction of sp³-hybridized carbons (Fsp3) is 0.200. The molecule has 0 spiro atoms. The quantitative estimate of drug-likeness (QED) is 0.779. The molecular formula is C10H11NO2S. The van der Waals surface area contributed by atoms with Crippen LogP contribution >= 0.6 is 0 Å². The maximum atomic E-state index is 11.3. The van der Waals surface area contributed by atoms with Gasteiger partial charge in [-0.2, -0.15) is 0 Å². The molecule has 1 heterocycles. The molecule has 0 radical (unpaired) electrons. The third-order valence-corrected chi connectivity index (χ3v) is 3.27. The van der Waals surface area contributed by atoms with Crippen LogP contribution in [-0.4, -0.2) is 19.7 Å². The summed E-state index contributed by atoms with van der Waals surface area (Å²) in [5.74, 6) is 0. The number of aromatic nitrogens is 1. The molecule has 74 valence electrons. The van der Waals surface area contributed by atoms with Crippen molar-refractivity contribution in [3.8, 4) is 0 Å². The molecule has 1 aromatic carbocycles. The number of aromatic amines is 1. The molecule has 0 saturated carbocycles. The van der Waals surface area contributed by atoms with Gasteiger partial charge < -0.3 is 4.98 Å². The van der Waals surface area contributed by atoms with E-state index in [1.165, 1.54) is 6.26 Å². The summed E-state index contributed by atoms with van der Waals surface area (Å²) in [7, 11) is -3.11. The molecule has 1 aromatic heterocycles. The van der Waals surface area contributed by atoms with Gasteiger partial charge in [-0.25, -0.2) is 8.42 Å². The number of benzene rings is 1. The monoisotopic (exact) mass is 209 g/mol. The van der Waals surface area contributed by atoms with Crippen molar-refractivity contribution in [2.45, 2.75) is 11.8 Å². The molecule has 2 rings (SSSR count). The zero-order valence-corrected chi connectivity index (χ0v) is 8.85. The lowest BCUT2D eigenvalue weighted by atomic mass is 10.2. The molecule has 0 aliphatic carbocycles. The van der Waals surface area contributed by atoms with Crippen molar-refractivity contribution >= 4 is 20.7 Å². The Morgan fingerprint density at radius 3 is 2.57 bits per heavy atom. The van der Waals surface area contributed by atoms with Crippen LogP contribution in [0.2, 0.25) is 0 Å². The number of nitrogens with one attached hydrogen (secondary N) is 1. The van der Waals surface area contributed by atoms with Gasteiger partial charge in [-0.1, -0.05) is 6.07 Å². The van der Waals surface area contributed by atoms with E-state index in [2.05, 4.69) is 4.98 Å². The van der Waals surface area contributed by atoms with E-state index in [0.717, 1.165) is 16.6 Å². The van der Waals surface area contributed by atoms with Gasteiger partial charge in [-0.05, 0) is 30.5 Å². The van der Waals surface area contributed by atoms with E-state index in [1.54, 1.807) is 12.1 Å². The Hall–Kier alpha value is -1.29. The van der Waals surface area contributed by atoms with E-state index in [9.17, 15) is 8.42 Å². The van der Waals surface area contributed by atoms with Crippen molar-refractivity contribution in [1.29, 1.82) is 0 Å². The van der Waals surface area contributed by atoms with E-state index in [0.29, 0.717) is 4.90 Å². The Bertz CT molecular complexity index is 581. The predicted octanol–water partition coefficient (Wildman–Crippen LogP) is 1.88. The van der Waals surface area contributed by atoms with Crippen molar-refractivity contribution in [2.24, 2.45) is 0 Å². The summed E-state index contributed by atoms with van der Waals surface area (Å²) < 4.78 is 22.5. The lowest BCUT2D eigenvalue weighted by Gasteiger charge is -1.97. The van der Waals surface area contributed by atoms with Gasteiger partial charge in [-0.3, -0.25) is 0 Å². The van der Waals surface area contributed by atoms with Gasteiger partial charge in [0.1, 0.15) is 0 Å². The molecule has 2 aromatic rings. The highest BCUT2D eigenvalue weighted by Crippen LogP contribution is 2.19. The SMILES string of the molecule is Cc1cc2ccc(S(C)(=O)=O)cc2[nH]1. The minimum Gasteiger partial charge on any atom is -0.359 e. The van der Waals surface area contributed by atoms with Gasteiger partial charge in [0.15, 0.2) is 9.84 Å². The number of hydrogen-bond donors (Lipinski definition) is 1. The molecule has 0 atom stereocenters. The molecule has 3 nitrogen and oxygen atoms in total. The van der Waals surface area contributed by atoms with Crippen LogP contribution in [0.15, 0.2) is 29.2 Å². The molecule has 0 fully saturated rings. The summed E-state index contributed by atoms with van der Waals surface area (Å²) in [4.78, 5) is 3.46. The van der Waals surface area contributed by atoms with Gasteiger partial charge >= 0.3 is 0 Å². The Morgan fingerprint density at radius 1 is 1.21 bits per heavy atom. The van der Waals surface area contributed by atoms with E-state index in [-0.39, 0.29) is 0 Å². The average Bonchev–Trinajstić information content (AvgIpc) is 2.41. The molecule has 0 aliphatic heterocycles. The van der Waals surface area contributed by atoms with Crippen molar-refractivity contribution in [2.75, 3.05) is 6.26 Å². The standard InChI is InChI=1S/C10H11NO2S/c1-7-5-8-3-4-9(14(2,12)13)6-10(8)11-7/h3-6,11H,1-2H3. The zero-order valence-electron chi connectivity index (χ0n) is 8.03. The highest BCUT2D eigenvalue weighted by molar-refractivity contribution is 7.90. The highest BCUT2D eigenvalue weighted by Gasteiger charge is 2.07. The minimum atomic E-state index is -3.11. The van der Waals surface area contributed by atoms with E-state index >= 15 is 0 Å². The summed E-state index contributed by atoms with van der Waals surface area (Å²) in [6.45, 7) is 1.94. The van der Waals surface area contributed by atoms with Crippen LogP contribution in [-0.2, 0) is 9.84 Å². The normalized spacial score (nSPS) is 12.1. The second-order valence-corrected chi connectivity index (χ2v) is 5.49. The molecule has 4 heteroatoms. The Morgan fingerprint density at radius 2 is 1.93 bits per heavy atom. The lowest BCUT2D eigenvalue weighted by molar-refractivity contribution is 0.602. The summed E-state index contributed by atoms with van der Waals surface area (Å²) in [5.41, 5.74) is 1.90. The number of hydrogen-bond acceptors (Lipinski definition) is 2. The maximum Gasteiger partial charge on any atom is 0.175 e. The molecule has 0 aliphatic rings. The summed E-state index contributed by atoms with van der Waals surface area (Å²) in [6.07, 6.45) is 1.21. The summed E-state index contributed by atoms with van der Waals surface area (Å²) in [5, 5.41) is 1.04. The topological polar surface area (TPSA) is 49.9 Å². The zero-order chi connectivity index (χ0) is 10.3. The highest BCUT2D eigenvalue weighted by atomic mass is 32.2. The smallest absolute Gasteiger partial charge is 0.175 e. The van der Waals surface area contributed by atoms with Crippen LogP contribution in [0.3, 0.4) is 0 Å². The average molecular weight is 209 g/mol. The van der Waals surface area contributed by atoms with Gasteiger partial charge in [0.25, 0.3) is 0 Å². The fourth-order valence-corrected chi connectivity index (χ4v) is 2.13. The summed E-state index contributed by atoms with van der Waals surface area (Å²) in [6, 6.07) is 7.10. The van der Waals surface area contributed by atoms with Gasteiger partial charge in [0, 0.05) is 17.5 Å². The van der Waals surface area contributed by atoms with Gasteiger partial charge in [0.2, 0.25) is 0 Å². The molecular weight excluding hydrogens is 198 g/mol. The maximum absolute atomic E-state index is 11.3. The predicted molar refractivity (Wildman–Crippen MR) is 56.1 cm³/mol. The van der Waals surface area contributed by atoms with Crippen LogP contribution < -0.4 is 0 Å². The van der Waals surface area contributed by atoms with Crippen LogP contribution in [0.25, 0.3) is 10.9 Å². The fourth-order valence-electron chi connectivity index (χ4n) is 1.48. The lowest BCUT2D eigenvalue weighted by Crippen LogP contribution is -1.95. The molecule has 14 heavy (non-hydrogen) atoms. The van der Waals surface area contributed by atoms with E-state index in [4.69, 9.17) is 0 Å².